The summed E-state index contributed by atoms with van der Waals surface area (Å²) >= 11 is 0. The number of carbonyl (C=O) groups is 1. The maximum Gasteiger partial charge on any atom is 0.328 e. The van der Waals surface area contributed by atoms with Crippen LogP contribution in [0.25, 0.3) is 10.9 Å². The van der Waals surface area contributed by atoms with Crippen LogP contribution in [0.2, 0.25) is 0 Å². The van der Waals surface area contributed by atoms with Gasteiger partial charge in [-0.3, -0.25) is 14.9 Å². The topological polar surface area (TPSA) is 112 Å². The third kappa shape index (κ3) is 2.69. The minimum absolute atomic E-state index is 0.00724. The number of carbonyl (C=O) groups excluding carboxylic acids is 1. The van der Waals surface area contributed by atoms with Crippen LogP contribution in [0.15, 0.2) is 30.5 Å². The van der Waals surface area contributed by atoms with Crippen molar-refractivity contribution in [2.75, 3.05) is 0 Å². The summed E-state index contributed by atoms with van der Waals surface area (Å²) in [6, 6.07) is 6.59. The molecule has 0 unspecified atom stereocenters. The van der Waals surface area contributed by atoms with Gasteiger partial charge in [0.05, 0.1) is 11.3 Å². The molecule has 8 nitrogen and oxygen atoms in total. The number of hydrogen-bond donors (Lipinski definition) is 2. The molecule has 1 aromatic carbocycles. The molecule has 0 saturated heterocycles. The molecule has 1 heterocycles. The standard InChI is InChI=1S/C11H12N4O4/c12-13-19-10(16)5-7-14-6-4-8-2-1-3-9(11(8)14)15(17)18/h1-4,6,13H,5,7,12H2. The molecule has 100 valence electrons. The third-order valence-electron chi connectivity index (χ3n) is 2.69. The normalized spacial score (nSPS) is 10.6. The van der Waals surface area contributed by atoms with Crippen LogP contribution >= 0.6 is 0 Å². The lowest BCUT2D eigenvalue weighted by molar-refractivity contribution is -0.383. The van der Waals surface area contributed by atoms with Crippen LogP contribution in [0.5, 0.6) is 0 Å². The number of aryl methyl sites for hydroxylation is 1. The van der Waals surface area contributed by atoms with Crippen LogP contribution in [0, 0.1) is 10.1 Å². The van der Waals surface area contributed by atoms with Gasteiger partial charge in [0.25, 0.3) is 5.69 Å². The van der Waals surface area contributed by atoms with Crippen LogP contribution in [0.4, 0.5) is 5.69 Å². The minimum atomic E-state index is -0.539. The predicted octanol–water partition coefficient (Wildman–Crippen LogP) is 0.861. The zero-order valence-corrected chi connectivity index (χ0v) is 9.91. The molecule has 0 spiro atoms. The number of nitrogens with two attached hydrogens (primary N) is 1. The summed E-state index contributed by atoms with van der Waals surface area (Å²) in [6.45, 7) is 0.273. The highest BCUT2D eigenvalue weighted by Crippen LogP contribution is 2.26. The Labute approximate surface area is 107 Å². The summed E-state index contributed by atoms with van der Waals surface area (Å²) in [5.74, 6) is 4.30. The van der Waals surface area contributed by atoms with Gasteiger partial charge in [-0.15, -0.1) is 0 Å². The number of aromatic nitrogens is 1. The number of nitrogens with one attached hydrogen (secondary N) is 1. The van der Waals surface area contributed by atoms with E-state index < -0.39 is 10.9 Å². The number of hydrazine groups is 1. The van der Waals surface area contributed by atoms with Gasteiger partial charge in [-0.25, -0.2) is 5.84 Å². The van der Waals surface area contributed by atoms with Crippen molar-refractivity contribution in [3.63, 3.8) is 0 Å². The van der Waals surface area contributed by atoms with Crippen LogP contribution < -0.4 is 11.4 Å². The van der Waals surface area contributed by atoms with E-state index in [1.807, 2.05) is 0 Å². The molecule has 2 aromatic rings. The number of non-ortho nitro benzene ring substituents is 1. The van der Waals surface area contributed by atoms with Gasteiger partial charge in [0.1, 0.15) is 5.52 Å². The quantitative estimate of drug-likeness (QED) is 0.470. The van der Waals surface area contributed by atoms with Crippen LogP contribution in [-0.2, 0) is 16.2 Å². The number of benzene rings is 1. The molecule has 19 heavy (non-hydrogen) atoms. The molecule has 0 aliphatic carbocycles. The summed E-state index contributed by atoms with van der Waals surface area (Å²) < 4.78 is 1.64. The minimum Gasteiger partial charge on any atom is -0.356 e. The van der Waals surface area contributed by atoms with E-state index in [0.717, 1.165) is 5.39 Å². The Balaban J connectivity index is 2.29. The van der Waals surface area contributed by atoms with E-state index in [1.165, 1.54) is 6.07 Å². The molecule has 1 aromatic heterocycles. The Bertz CT molecular complexity index is 622. The SMILES string of the molecule is NNOC(=O)CCn1ccc2cccc([N+](=O)[O-])c21. The second-order valence-electron chi connectivity index (χ2n) is 3.82. The third-order valence-corrected chi connectivity index (χ3v) is 2.69. The second-order valence-corrected chi connectivity index (χ2v) is 3.82. The van der Waals surface area contributed by atoms with Crippen molar-refractivity contribution in [2.45, 2.75) is 13.0 Å². The largest absolute Gasteiger partial charge is 0.356 e. The van der Waals surface area contributed by atoms with Crippen molar-refractivity contribution in [1.82, 2.24) is 10.2 Å². The van der Waals surface area contributed by atoms with Crippen LogP contribution in [0.3, 0.4) is 0 Å². The lowest BCUT2D eigenvalue weighted by Crippen LogP contribution is -2.26. The molecular formula is C11H12N4O4. The molecule has 0 atom stereocenters. The van der Waals surface area contributed by atoms with Crippen LogP contribution in [0.1, 0.15) is 6.42 Å². The molecule has 3 N–H and O–H groups in total. The Hall–Kier alpha value is -2.45. The van der Waals surface area contributed by atoms with E-state index in [9.17, 15) is 14.9 Å². The summed E-state index contributed by atoms with van der Waals surface area (Å²) in [5.41, 5.74) is 2.29. The maximum atomic E-state index is 11.2. The highest BCUT2D eigenvalue weighted by atomic mass is 16.7. The number of nitro benzene ring substituents is 1. The molecule has 0 aliphatic rings. The van der Waals surface area contributed by atoms with Crippen molar-refractivity contribution < 1.29 is 14.6 Å². The number of fused-ring (bicyclic) bond motifs is 1. The first-order valence-electron chi connectivity index (χ1n) is 5.51. The van der Waals surface area contributed by atoms with E-state index in [0.29, 0.717) is 5.52 Å². The molecule has 0 aliphatic heterocycles. The Kier molecular flexibility index (Phi) is 3.74. The van der Waals surface area contributed by atoms with E-state index in [-0.39, 0.29) is 18.7 Å². The molecule has 0 radical (unpaired) electrons. The fourth-order valence-corrected chi connectivity index (χ4v) is 1.90. The molecule has 0 saturated carbocycles. The van der Waals surface area contributed by atoms with Crippen LogP contribution in [-0.4, -0.2) is 15.5 Å². The van der Waals surface area contributed by atoms with Gasteiger partial charge < -0.3 is 9.40 Å². The summed E-state index contributed by atoms with van der Waals surface area (Å²) in [4.78, 5) is 26.1. The number of nitro groups is 1. The van der Waals surface area contributed by atoms with Gasteiger partial charge in [0.15, 0.2) is 0 Å². The average molecular weight is 264 g/mol. The first-order chi connectivity index (χ1) is 9.13. The van der Waals surface area contributed by atoms with Gasteiger partial charge >= 0.3 is 5.97 Å². The number of nitrogens with zero attached hydrogens (tertiary/aromatic N) is 2. The highest BCUT2D eigenvalue weighted by Gasteiger charge is 2.15. The first-order valence-corrected chi connectivity index (χ1v) is 5.51. The van der Waals surface area contributed by atoms with Gasteiger partial charge in [-0.1, -0.05) is 17.7 Å². The first kappa shape index (κ1) is 13.0. The fraction of sp³-hybridized carbons (Fsp3) is 0.182. The summed E-state index contributed by atoms with van der Waals surface area (Å²) in [7, 11) is 0. The Morgan fingerprint density at radius 2 is 2.26 bits per heavy atom. The Morgan fingerprint density at radius 1 is 1.47 bits per heavy atom. The monoisotopic (exact) mass is 264 g/mol. The van der Waals surface area contributed by atoms with Crippen molar-refractivity contribution in [3.05, 3.63) is 40.6 Å². The smallest absolute Gasteiger partial charge is 0.328 e. The predicted molar refractivity (Wildman–Crippen MR) is 66.6 cm³/mol. The van der Waals surface area contributed by atoms with E-state index >= 15 is 0 Å². The molecule has 0 amide bonds. The maximum absolute atomic E-state index is 11.2. The number of hydrogen-bond acceptors (Lipinski definition) is 6. The zero-order valence-electron chi connectivity index (χ0n) is 9.91. The lowest BCUT2D eigenvalue weighted by atomic mass is 10.2. The van der Waals surface area contributed by atoms with Gasteiger partial charge in [0, 0.05) is 24.2 Å². The molecular weight excluding hydrogens is 252 g/mol. The molecule has 2 rings (SSSR count). The highest BCUT2D eigenvalue weighted by molar-refractivity contribution is 5.88. The zero-order chi connectivity index (χ0) is 13.8. The van der Waals surface area contributed by atoms with E-state index in [2.05, 4.69) is 4.84 Å². The van der Waals surface area contributed by atoms with Gasteiger partial charge in [0.2, 0.25) is 0 Å². The summed E-state index contributed by atoms with van der Waals surface area (Å²) in [5, 5.41) is 11.7. The van der Waals surface area contributed by atoms with Gasteiger partial charge in [-0.2, -0.15) is 0 Å². The average Bonchev–Trinajstić information content (AvgIpc) is 2.79. The molecule has 0 bridgehead atoms. The number of rotatable bonds is 5. The van der Waals surface area contributed by atoms with E-state index in [4.69, 9.17) is 5.84 Å². The lowest BCUT2D eigenvalue weighted by Gasteiger charge is -2.05. The van der Waals surface area contributed by atoms with Crippen molar-refractivity contribution >= 4 is 22.6 Å². The number of para-hydroxylation sites is 1. The molecule has 0 fully saturated rings. The molecule has 8 heteroatoms. The summed E-state index contributed by atoms with van der Waals surface area (Å²) in [6.07, 6.45) is 1.75. The van der Waals surface area contributed by atoms with Crippen molar-refractivity contribution in [3.8, 4) is 0 Å². The van der Waals surface area contributed by atoms with Crippen molar-refractivity contribution in [1.29, 1.82) is 0 Å². The van der Waals surface area contributed by atoms with Gasteiger partial charge in [-0.05, 0) is 6.07 Å². The van der Waals surface area contributed by atoms with E-state index in [1.54, 1.807) is 34.6 Å². The Morgan fingerprint density at radius 3 is 2.95 bits per heavy atom. The van der Waals surface area contributed by atoms with Crippen molar-refractivity contribution in [2.24, 2.45) is 5.84 Å². The second kappa shape index (κ2) is 5.46. The fourth-order valence-electron chi connectivity index (χ4n) is 1.90.